The highest BCUT2D eigenvalue weighted by Crippen LogP contribution is 2.29. The van der Waals surface area contributed by atoms with Crippen molar-refractivity contribution in [3.05, 3.63) is 46.7 Å². The summed E-state index contributed by atoms with van der Waals surface area (Å²) in [7, 11) is 4.02. The molecule has 0 saturated heterocycles. The first kappa shape index (κ1) is 14.9. The van der Waals surface area contributed by atoms with Gasteiger partial charge in [-0.15, -0.1) is 0 Å². The Balaban J connectivity index is 2.43. The Kier molecular flexibility index (Phi) is 4.35. The smallest absolute Gasteiger partial charge is 0.0837 e. The van der Waals surface area contributed by atoms with E-state index >= 15 is 0 Å². The number of rotatable bonds is 4. The Hall–Kier alpha value is -1.52. The van der Waals surface area contributed by atoms with Crippen molar-refractivity contribution >= 4 is 17.3 Å². The summed E-state index contributed by atoms with van der Waals surface area (Å²) in [5.41, 5.74) is 9.41. The minimum Gasteiger partial charge on any atom is -0.378 e. The van der Waals surface area contributed by atoms with Crippen LogP contribution in [0.4, 0.5) is 5.69 Å². The lowest BCUT2D eigenvalue weighted by atomic mass is 10.0. The third-order valence-corrected chi connectivity index (χ3v) is 3.61. The van der Waals surface area contributed by atoms with Gasteiger partial charge >= 0.3 is 0 Å². The van der Waals surface area contributed by atoms with E-state index in [2.05, 4.69) is 36.0 Å². The molecule has 1 aromatic carbocycles. The number of hydrogen-bond acceptors (Lipinski definition) is 3. The van der Waals surface area contributed by atoms with Crippen LogP contribution < -0.4 is 10.6 Å². The molecule has 1 atom stereocenters. The predicted octanol–water partition coefficient (Wildman–Crippen LogP) is 3.23. The maximum Gasteiger partial charge on any atom is 0.0837 e. The molecule has 4 nitrogen and oxygen atoms in total. The molecule has 1 aromatic heterocycles. The summed E-state index contributed by atoms with van der Waals surface area (Å²) < 4.78 is 1.88. The van der Waals surface area contributed by atoms with E-state index < -0.39 is 0 Å². The molecule has 1 unspecified atom stereocenters. The van der Waals surface area contributed by atoms with Gasteiger partial charge in [0.1, 0.15) is 0 Å². The first-order valence-corrected chi connectivity index (χ1v) is 7.05. The maximum atomic E-state index is 6.41. The van der Waals surface area contributed by atoms with Crippen molar-refractivity contribution in [3.63, 3.8) is 0 Å². The summed E-state index contributed by atoms with van der Waals surface area (Å²) in [5, 5.41) is 4.93. The number of halogens is 1. The Morgan fingerprint density at radius 3 is 2.60 bits per heavy atom. The van der Waals surface area contributed by atoms with Gasteiger partial charge in [-0.2, -0.15) is 5.10 Å². The van der Waals surface area contributed by atoms with Crippen LogP contribution in [-0.2, 0) is 0 Å². The minimum absolute atomic E-state index is 0.223. The molecule has 0 aliphatic rings. The van der Waals surface area contributed by atoms with Gasteiger partial charge in [0.05, 0.1) is 23.0 Å². The highest BCUT2D eigenvalue weighted by atomic mass is 35.5. The summed E-state index contributed by atoms with van der Waals surface area (Å²) in [6, 6.07) is 8.10. The maximum absolute atomic E-state index is 6.41. The number of nitrogens with two attached hydrogens (primary N) is 1. The van der Waals surface area contributed by atoms with Crippen molar-refractivity contribution in [2.24, 2.45) is 5.73 Å². The topological polar surface area (TPSA) is 47.1 Å². The average molecular weight is 293 g/mol. The van der Waals surface area contributed by atoms with Crippen LogP contribution in [0.1, 0.15) is 37.2 Å². The van der Waals surface area contributed by atoms with Crippen LogP contribution in [0.3, 0.4) is 0 Å². The first-order chi connectivity index (χ1) is 9.41. The fourth-order valence-corrected chi connectivity index (χ4v) is 2.46. The number of hydrogen-bond donors (Lipinski definition) is 1. The molecule has 0 fully saturated rings. The Labute approximate surface area is 125 Å². The summed E-state index contributed by atoms with van der Waals surface area (Å²) in [4.78, 5) is 2.05. The molecule has 0 saturated carbocycles. The average Bonchev–Trinajstić information content (AvgIpc) is 2.80. The largest absolute Gasteiger partial charge is 0.378 e. The van der Waals surface area contributed by atoms with Gasteiger partial charge in [0.2, 0.25) is 0 Å². The van der Waals surface area contributed by atoms with Gasteiger partial charge in [0.15, 0.2) is 0 Å². The zero-order valence-corrected chi connectivity index (χ0v) is 13.1. The van der Waals surface area contributed by atoms with E-state index in [1.807, 2.05) is 30.9 Å². The SMILES string of the molecule is CC(C)n1ncc(Cl)c1C(N)c1cccc(N(C)C)c1. The van der Waals surface area contributed by atoms with Crippen LogP contribution in [-0.4, -0.2) is 23.9 Å². The third-order valence-electron chi connectivity index (χ3n) is 3.32. The highest BCUT2D eigenvalue weighted by molar-refractivity contribution is 6.31. The van der Waals surface area contributed by atoms with Gasteiger partial charge in [0, 0.05) is 25.8 Å². The molecule has 0 radical (unpaired) electrons. The van der Waals surface area contributed by atoms with Gasteiger partial charge in [-0.3, -0.25) is 4.68 Å². The van der Waals surface area contributed by atoms with E-state index in [0.717, 1.165) is 16.9 Å². The number of benzene rings is 1. The fourth-order valence-electron chi connectivity index (χ4n) is 2.21. The van der Waals surface area contributed by atoms with E-state index in [0.29, 0.717) is 5.02 Å². The Bertz CT molecular complexity index is 589. The minimum atomic E-state index is -0.285. The second-order valence-electron chi connectivity index (χ2n) is 5.38. The lowest BCUT2D eigenvalue weighted by Gasteiger charge is -2.20. The van der Waals surface area contributed by atoms with Crippen LogP contribution in [0.25, 0.3) is 0 Å². The van der Waals surface area contributed by atoms with Gasteiger partial charge < -0.3 is 10.6 Å². The fraction of sp³-hybridized carbons (Fsp3) is 0.400. The molecule has 2 rings (SSSR count). The van der Waals surface area contributed by atoms with Crippen LogP contribution in [0.2, 0.25) is 5.02 Å². The van der Waals surface area contributed by atoms with Crippen molar-refractivity contribution in [2.75, 3.05) is 19.0 Å². The molecule has 0 aliphatic heterocycles. The zero-order valence-electron chi connectivity index (χ0n) is 12.3. The molecule has 2 aromatic rings. The molecule has 2 N–H and O–H groups in total. The molecule has 0 amide bonds. The Morgan fingerprint density at radius 1 is 1.30 bits per heavy atom. The molecule has 0 spiro atoms. The molecular weight excluding hydrogens is 272 g/mol. The quantitative estimate of drug-likeness (QED) is 0.941. The second kappa shape index (κ2) is 5.85. The molecule has 1 heterocycles. The standard InChI is InChI=1S/C15H21ClN4/c1-10(2)20-15(13(16)9-18-20)14(17)11-6-5-7-12(8-11)19(3)4/h5-10,14H,17H2,1-4H3. The van der Waals surface area contributed by atoms with Crippen molar-refractivity contribution < 1.29 is 0 Å². The van der Waals surface area contributed by atoms with Crippen molar-refractivity contribution in [1.82, 2.24) is 9.78 Å². The molecule has 5 heteroatoms. The van der Waals surface area contributed by atoms with E-state index in [-0.39, 0.29) is 12.1 Å². The van der Waals surface area contributed by atoms with Crippen LogP contribution in [0, 0.1) is 0 Å². The summed E-state index contributed by atoms with van der Waals surface area (Å²) in [6.07, 6.45) is 1.66. The van der Waals surface area contributed by atoms with Crippen LogP contribution in [0.5, 0.6) is 0 Å². The third kappa shape index (κ3) is 2.81. The number of aromatic nitrogens is 2. The van der Waals surface area contributed by atoms with E-state index in [4.69, 9.17) is 17.3 Å². The van der Waals surface area contributed by atoms with E-state index in [1.54, 1.807) is 6.20 Å². The van der Waals surface area contributed by atoms with Gasteiger partial charge in [-0.05, 0) is 31.5 Å². The van der Waals surface area contributed by atoms with E-state index in [9.17, 15) is 0 Å². The first-order valence-electron chi connectivity index (χ1n) is 6.67. The summed E-state index contributed by atoms with van der Waals surface area (Å²) >= 11 is 6.26. The predicted molar refractivity (Wildman–Crippen MR) is 84.4 cm³/mol. The lowest BCUT2D eigenvalue weighted by molar-refractivity contribution is 0.499. The number of nitrogens with zero attached hydrogens (tertiary/aromatic N) is 3. The van der Waals surface area contributed by atoms with Gasteiger partial charge in [-0.1, -0.05) is 23.7 Å². The Morgan fingerprint density at radius 2 is 2.00 bits per heavy atom. The molecule has 0 aliphatic carbocycles. The molecule has 108 valence electrons. The van der Waals surface area contributed by atoms with Crippen molar-refractivity contribution in [1.29, 1.82) is 0 Å². The van der Waals surface area contributed by atoms with Crippen molar-refractivity contribution in [2.45, 2.75) is 25.9 Å². The molecule has 20 heavy (non-hydrogen) atoms. The van der Waals surface area contributed by atoms with Crippen molar-refractivity contribution in [3.8, 4) is 0 Å². The molecular formula is C15H21ClN4. The van der Waals surface area contributed by atoms with Gasteiger partial charge in [-0.25, -0.2) is 0 Å². The summed E-state index contributed by atoms with van der Waals surface area (Å²) in [5.74, 6) is 0. The lowest BCUT2D eigenvalue weighted by Crippen LogP contribution is -2.19. The zero-order chi connectivity index (χ0) is 14.9. The molecule has 0 bridgehead atoms. The summed E-state index contributed by atoms with van der Waals surface area (Å²) in [6.45, 7) is 4.13. The second-order valence-corrected chi connectivity index (χ2v) is 5.79. The van der Waals surface area contributed by atoms with E-state index in [1.165, 1.54) is 0 Å². The highest BCUT2D eigenvalue weighted by Gasteiger charge is 2.20. The normalized spacial score (nSPS) is 12.8. The number of anilines is 1. The monoisotopic (exact) mass is 292 g/mol. The van der Waals surface area contributed by atoms with Crippen LogP contribution in [0.15, 0.2) is 30.5 Å². The van der Waals surface area contributed by atoms with Crippen LogP contribution >= 0.6 is 11.6 Å². The van der Waals surface area contributed by atoms with Gasteiger partial charge in [0.25, 0.3) is 0 Å².